The summed E-state index contributed by atoms with van der Waals surface area (Å²) in [5, 5.41) is 16.7. The summed E-state index contributed by atoms with van der Waals surface area (Å²) in [6.45, 7) is 5.71. The maximum atomic E-state index is 12.0. The lowest BCUT2D eigenvalue weighted by Gasteiger charge is -2.09. The molecule has 0 spiro atoms. The van der Waals surface area contributed by atoms with Crippen molar-refractivity contribution in [3.63, 3.8) is 0 Å². The Balaban J connectivity index is 2.75. The third-order valence-electron chi connectivity index (χ3n) is 2.76. The Labute approximate surface area is 117 Å². The molecular formula is C13H20N4O3. The van der Waals surface area contributed by atoms with E-state index in [4.69, 9.17) is 5.73 Å². The Morgan fingerprint density at radius 1 is 1.35 bits per heavy atom. The maximum Gasteiger partial charge on any atom is 0.293 e. The van der Waals surface area contributed by atoms with E-state index in [0.717, 1.165) is 13.0 Å². The minimum atomic E-state index is -0.581. The molecular weight excluding hydrogens is 260 g/mol. The molecule has 4 N–H and O–H groups in total. The molecule has 0 atom stereocenters. The Morgan fingerprint density at radius 3 is 2.65 bits per heavy atom. The van der Waals surface area contributed by atoms with E-state index in [0.29, 0.717) is 18.7 Å². The van der Waals surface area contributed by atoms with E-state index in [2.05, 4.69) is 17.6 Å². The molecule has 0 radical (unpaired) electrons. The molecule has 0 unspecified atom stereocenters. The SMILES string of the molecule is CCCNCCNC(=O)c1cc(C)cc([N+](=O)[O-])c1N. The molecule has 1 aromatic rings. The Bertz CT molecular complexity index is 503. The van der Waals surface area contributed by atoms with Crippen LogP contribution in [0.5, 0.6) is 0 Å². The summed E-state index contributed by atoms with van der Waals surface area (Å²) in [7, 11) is 0. The van der Waals surface area contributed by atoms with Gasteiger partial charge in [0.25, 0.3) is 11.6 Å². The number of anilines is 1. The van der Waals surface area contributed by atoms with E-state index in [1.807, 2.05) is 0 Å². The number of nitrogens with two attached hydrogens (primary N) is 1. The van der Waals surface area contributed by atoms with E-state index >= 15 is 0 Å². The third-order valence-corrected chi connectivity index (χ3v) is 2.76. The van der Waals surface area contributed by atoms with Crippen molar-refractivity contribution in [3.05, 3.63) is 33.4 Å². The van der Waals surface area contributed by atoms with Crippen LogP contribution in [0.4, 0.5) is 11.4 Å². The second kappa shape index (κ2) is 7.44. The monoisotopic (exact) mass is 280 g/mol. The van der Waals surface area contributed by atoms with Gasteiger partial charge >= 0.3 is 0 Å². The van der Waals surface area contributed by atoms with Gasteiger partial charge in [-0.25, -0.2) is 0 Å². The van der Waals surface area contributed by atoms with Crippen molar-refractivity contribution in [2.45, 2.75) is 20.3 Å². The first-order valence-corrected chi connectivity index (χ1v) is 6.50. The van der Waals surface area contributed by atoms with Gasteiger partial charge in [-0.3, -0.25) is 14.9 Å². The number of carbonyl (C=O) groups is 1. The molecule has 0 bridgehead atoms. The lowest BCUT2D eigenvalue weighted by atomic mass is 10.1. The van der Waals surface area contributed by atoms with E-state index < -0.39 is 10.8 Å². The number of nitro benzene ring substituents is 1. The summed E-state index contributed by atoms with van der Waals surface area (Å²) in [4.78, 5) is 22.3. The predicted octanol–water partition coefficient (Wildman–Crippen LogP) is 1.21. The van der Waals surface area contributed by atoms with Crippen molar-refractivity contribution >= 4 is 17.3 Å². The zero-order valence-corrected chi connectivity index (χ0v) is 11.7. The Hall–Kier alpha value is -2.15. The second-order valence-corrected chi connectivity index (χ2v) is 4.51. The van der Waals surface area contributed by atoms with Gasteiger partial charge in [0, 0.05) is 19.2 Å². The first-order chi connectivity index (χ1) is 9.47. The summed E-state index contributed by atoms with van der Waals surface area (Å²) < 4.78 is 0. The number of hydrogen-bond acceptors (Lipinski definition) is 5. The van der Waals surface area contributed by atoms with Crippen molar-refractivity contribution in [3.8, 4) is 0 Å². The number of nitro groups is 1. The van der Waals surface area contributed by atoms with E-state index in [-0.39, 0.29) is 16.9 Å². The normalized spacial score (nSPS) is 10.3. The van der Waals surface area contributed by atoms with Gasteiger partial charge in [-0.15, -0.1) is 0 Å². The van der Waals surface area contributed by atoms with Gasteiger partial charge in [-0.05, 0) is 31.5 Å². The van der Waals surface area contributed by atoms with Crippen molar-refractivity contribution < 1.29 is 9.72 Å². The van der Waals surface area contributed by atoms with Crippen LogP contribution in [0.2, 0.25) is 0 Å². The Morgan fingerprint density at radius 2 is 2.05 bits per heavy atom. The molecule has 7 nitrogen and oxygen atoms in total. The van der Waals surface area contributed by atoms with Crippen LogP contribution in [0, 0.1) is 17.0 Å². The van der Waals surface area contributed by atoms with Crippen LogP contribution in [-0.2, 0) is 0 Å². The summed E-state index contributed by atoms with van der Waals surface area (Å²) in [6, 6.07) is 2.91. The average molecular weight is 280 g/mol. The van der Waals surface area contributed by atoms with Crippen LogP contribution < -0.4 is 16.4 Å². The van der Waals surface area contributed by atoms with E-state index in [1.165, 1.54) is 6.07 Å². The number of carbonyl (C=O) groups excluding carboxylic acids is 1. The zero-order chi connectivity index (χ0) is 15.1. The van der Waals surface area contributed by atoms with Gasteiger partial charge in [-0.2, -0.15) is 0 Å². The second-order valence-electron chi connectivity index (χ2n) is 4.51. The molecule has 0 heterocycles. The molecule has 1 amide bonds. The first-order valence-electron chi connectivity index (χ1n) is 6.50. The Kier molecular flexibility index (Phi) is 5.92. The number of aryl methyl sites for hydroxylation is 1. The average Bonchev–Trinajstić information content (AvgIpc) is 2.40. The number of amides is 1. The summed E-state index contributed by atoms with van der Waals surface area (Å²) >= 11 is 0. The highest BCUT2D eigenvalue weighted by atomic mass is 16.6. The minimum Gasteiger partial charge on any atom is -0.393 e. The fraction of sp³-hybridized carbons (Fsp3) is 0.462. The molecule has 0 aromatic heterocycles. The largest absolute Gasteiger partial charge is 0.393 e. The number of benzene rings is 1. The number of hydrogen-bond donors (Lipinski definition) is 3. The van der Waals surface area contributed by atoms with Crippen molar-refractivity contribution in [2.75, 3.05) is 25.4 Å². The van der Waals surface area contributed by atoms with Gasteiger partial charge < -0.3 is 16.4 Å². The maximum absolute atomic E-state index is 12.0. The molecule has 0 aliphatic carbocycles. The fourth-order valence-electron chi connectivity index (χ4n) is 1.78. The number of nitrogen functional groups attached to an aromatic ring is 1. The van der Waals surface area contributed by atoms with Gasteiger partial charge in [0.15, 0.2) is 0 Å². The number of nitrogens with one attached hydrogen (secondary N) is 2. The molecule has 110 valence electrons. The van der Waals surface area contributed by atoms with Crippen molar-refractivity contribution in [1.82, 2.24) is 10.6 Å². The summed E-state index contributed by atoms with van der Waals surface area (Å²) in [6.07, 6.45) is 1.02. The molecule has 0 saturated carbocycles. The smallest absolute Gasteiger partial charge is 0.293 e. The van der Waals surface area contributed by atoms with E-state index in [1.54, 1.807) is 13.0 Å². The van der Waals surface area contributed by atoms with Crippen molar-refractivity contribution in [1.29, 1.82) is 0 Å². The molecule has 0 aliphatic heterocycles. The van der Waals surface area contributed by atoms with Crippen LogP contribution in [0.3, 0.4) is 0 Å². The number of nitrogens with zero attached hydrogens (tertiary/aromatic N) is 1. The van der Waals surface area contributed by atoms with Gasteiger partial charge in [0.1, 0.15) is 5.69 Å². The molecule has 0 fully saturated rings. The molecule has 1 rings (SSSR count). The molecule has 20 heavy (non-hydrogen) atoms. The summed E-state index contributed by atoms with van der Waals surface area (Å²) in [5.41, 5.74) is 6.12. The van der Waals surface area contributed by atoms with E-state index in [9.17, 15) is 14.9 Å². The van der Waals surface area contributed by atoms with Gasteiger partial charge in [0.05, 0.1) is 10.5 Å². The van der Waals surface area contributed by atoms with Crippen LogP contribution in [-0.4, -0.2) is 30.5 Å². The van der Waals surface area contributed by atoms with Crippen LogP contribution in [0.1, 0.15) is 29.3 Å². The fourth-order valence-corrected chi connectivity index (χ4v) is 1.78. The minimum absolute atomic E-state index is 0.0976. The lowest BCUT2D eigenvalue weighted by Crippen LogP contribution is -2.32. The standard InChI is InChI=1S/C13H20N4O3/c1-3-4-15-5-6-16-13(18)10-7-9(2)8-11(12(10)14)17(19)20/h7-8,15H,3-6,14H2,1-2H3,(H,16,18). The molecule has 1 aromatic carbocycles. The highest BCUT2D eigenvalue weighted by molar-refractivity contribution is 6.01. The number of rotatable bonds is 7. The lowest BCUT2D eigenvalue weighted by molar-refractivity contribution is -0.384. The van der Waals surface area contributed by atoms with Gasteiger partial charge in [0.2, 0.25) is 0 Å². The van der Waals surface area contributed by atoms with Crippen LogP contribution in [0.15, 0.2) is 12.1 Å². The molecule has 0 saturated heterocycles. The summed E-state index contributed by atoms with van der Waals surface area (Å²) in [5.74, 6) is -0.396. The van der Waals surface area contributed by atoms with Crippen LogP contribution in [0.25, 0.3) is 0 Å². The third kappa shape index (κ3) is 4.20. The predicted molar refractivity (Wildman–Crippen MR) is 77.7 cm³/mol. The first kappa shape index (κ1) is 15.9. The zero-order valence-electron chi connectivity index (χ0n) is 11.7. The molecule has 7 heteroatoms. The van der Waals surface area contributed by atoms with Crippen LogP contribution >= 0.6 is 0 Å². The quantitative estimate of drug-likeness (QED) is 0.301. The highest BCUT2D eigenvalue weighted by Gasteiger charge is 2.20. The molecule has 0 aliphatic rings. The highest BCUT2D eigenvalue weighted by Crippen LogP contribution is 2.26. The van der Waals surface area contributed by atoms with Gasteiger partial charge in [-0.1, -0.05) is 6.92 Å². The topological polar surface area (TPSA) is 110 Å². The van der Waals surface area contributed by atoms with Crippen molar-refractivity contribution in [2.24, 2.45) is 0 Å².